The van der Waals surface area contributed by atoms with Gasteiger partial charge in [-0.15, -0.1) is 0 Å². The van der Waals surface area contributed by atoms with E-state index in [1.165, 1.54) is 12.1 Å². The molecule has 0 amide bonds. The van der Waals surface area contributed by atoms with Crippen molar-refractivity contribution >= 4 is 22.1 Å². The monoisotopic (exact) mass is 314 g/mol. The first-order valence-electron chi connectivity index (χ1n) is 8.23. The number of hydrazine groups is 1. The Balaban J connectivity index is 1.74. The number of hydrogen-bond acceptors (Lipinski definition) is 4. The molecule has 0 aliphatic carbocycles. The Hall–Kier alpha value is -2.08. The van der Waals surface area contributed by atoms with Crippen molar-refractivity contribution in [2.75, 3.05) is 37.1 Å². The van der Waals surface area contributed by atoms with Crippen molar-refractivity contribution in [1.82, 2.24) is 9.47 Å². The van der Waals surface area contributed by atoms with Gasteiger partial charge < -0.3 is 9.47 Å². The van der Waals surface area contributed by atoms with Crippen molar-refractivity contribution in [2.24, 2.45) is 5.92 Å². The Morgan fingerprint density at radius 2 is 2.04 bits per heavy atom. The van der Waals surface area contributed by atoms with Crippen LogP contribution >= 0.6 is 0 Å². The fraction of sp³-hybridized carbons (Fsp3) is 0.471. The molecule has 1 aromatic heterocycles. The summed E-state index contributed by atoms with van der Waals surface area (Å²) in [6.45, 7) is 3.19. The smallest absolute Gasteiger partial charge is 0.259 e. The number of piperidine rings is 3. The summed E-state index contributed by atoms with van der Waals surface area (Å²) >= 11 is 0. The van der Waals surface area contributed by atoms with Crippen LogP contribution in [0.4, 0.5) is 15.8 Å². The van der Waals surface area contributed by atoms with Crippen LogP contribution < -0.4 is 16.0 Å². The number of aromatic nitrogens is 1. The zero-order valence-corrected chi connectivity index (χ0v) is 13.1. The van der Waals surface area contributed by atoms with Crippen LogP contribution in [0.25, 0.3) is 10.8 Å². The quantitative estimate of drug-likeness (QED) is 0.876. The zero-order valence-electron chi connectivity index (χ0n) is 13.1. The molecule has 5 nitrogen and oxygen atoms in total. The topological polar surface area (TPSA) is 40.5 Å². The first-order chi connectivity index (χ1) is 11.1. The summed E-state index contributed by atoms with van der Waals surface area (Å²) in [5.41, 5.74) is 4.80. The van der Waals surface area contributed by atoms with E-state index in [1.54, 1.807) is 5.01 Å². The maximum absolute atomic E-state index is 14.0. The summed E-state index contributed by atoms with van der Waals surface area (Å²) in [4.78, 5) is 15.5. The SMILES string of the molecule is CN1Nc2cn([C@H]3CN4CCC3CC4)c(=O)c3cc(F)cc1c23. The summed E-state index contributed by atoms with van der Waals surface area (Å²) in [7, 11) is 1.84. The number of hydrogen-bond donors (Lipinski definition) is 1. The molecule has 23 heavy (non-hydrogen) atoms. The van der Waals surface area contributed by atoms with Crippen molar-refractivity contribution < 1.29 is 4.39 Å². The summed E-state index contributed by atoms with van der Waals surface area (Å²) in [6.07, 6.45) is 4.22. The molecular formula is C17H19FN4O. The highest BCUT2D eigenvalue weighted by Crippen LogP contribution is 2.40. The summed E-state index contributed by atoms with van der Waals surface area (Å²) in [5, 5.41) is 3.09. The van der Waals surface area contributed by atoms with Gasteiger partial charge in [0.05, 0.1) is 22.8 Å². The summed E-state index contributed by atoms with van der Waals surface area (Å²) < 4.78 is 15.8. The minimum absolute atomic E-state index is 0.0691. The lowest BCUT2D eigenvalue weighted by atomic mass is 9.83. The number of anilines is 2. The second-order valence-electron chi connectivity index (χ2n) is 6.98. The Morgan fingerprint density at radius 3 is 2.74 bits per heavy atom. The fourth-order valence-electron chi connectivity index (χ4n) is 4.53. The van der Waals surface area contributed by atoms with Crippen molar-refractivity contribution in [3.05, 3.63) is 34.5 Å². The number of fused-ring (bicyclic) bond motifs is 3. The molecule has 0 saturated carbocycles. The molecule has 3 saturated heterocycles. The molecule has 120 valence electrons. The average Bonchev–Trinajstić information content (AvgIpc) is 2.88. The molecule has 4 aliphatic heterocycles. The van der Waals surface area contributed by atoms with Crippen LogP contribution in [0.5, 0.6) is 0 Å². The van der Waals surface area contributed by atoms with E-state index in [-0.39, 0.29) is 17.4 Å². The largest absolute Gasteiger partial charge is 0.308 e. The predicted octanol–water partition coefficient (Wildman–Crippen LogP) is 2.18. The van der Waals surface area contributed by atoms with Crippen molar-refractivity contribution in [3.63, 3.8) is 0 Å². The average molecular weight is 314 g/mol. The second-order valence-corrected chi connectivity index (χ2v) is 6.98. The fourth-order valence-corrected chi connectivity index (χ4v) is 4.53. The van der Waals surface area contributed by atoms with Crippen LogP contribution in [0.2, 0.25) is 0 Å². The van der Waals surface area contributed by atoms with Crippen LogP contribution in [0, 0.1) is 11.7 Å². The third-order valence-electron chi connectivity index (χ3n) is 5.71. The number of halogens is 1. The molecule has 2 aromatic rings. The molecule has 0 radical (unpaired) electrons. The van der Waals surface area contributed by atoms with Gasteiger partial charge in [0.25, 0.3) is 5.56 Å². The molecule has 2 bridgehead atoms. The Labute approximate surface area is 133 Å². The minimum atomic E-state index is -0.363. The first kappa shape index (κ1) is 13.4. The third-order valence-corrected chi connectivity index (χ3v) is 5.71. The maximum Gasteiger partial charge on any atom is 0.259 e. The van der Waals surface area contributed by atoms with Crippen LogP contribution in [0.1, 0.15) is 18.9 Å². The van der Waals surface area contributed by atoms with E-state index in [0.717, 1.165) is 49.2 Å². The number of rotatable bonds is 1. The molecule has 3 fully saturated rings. The molecule has 1 atom stereocenters. The summed E-state index contributed by atoms with van der Waals surface area (Å²) in [6, 6.07) is 3.05. The van der Waals surface area contributed by atoms with Gasteiger partial charge in [-0.05, 0) is 44.0 Å². The van der Waals surface area contributed by atoms with Crippen molar-refractivity contribution in [3.8, 4) is 0 Å². The standard InChI is InChI=1S/C17H19FN4O/c1-20-14-7-11(18)6-12-16(14)13(19-20)8-22(17(12)23)15-9-21-4-2-10(15)3-5-21/h6-8,10,15,19H,2-5,9H2,1H3/t15-/m0/s1. The lowest BCUT2D eigenvalue weighted by Gasteiger charge is -2.45. The van der Waals surface area contributed by atoms with Gasteiger partial charge in [-0.3, -0.25) is 15.2 Å². The summed E-state index contributed by atoms with van der Waals surface area (Å²) in [5.74, 6) is 0.187. The van der Waals surface area contributed by atoms with Gasteiger partial charge in [0.1, 0.15) is 5.82 Å². The van der Waals surface area contributed by atoms with Gasteiger partial charge in [-0.25, -0.2) is 4.39 Å². The van der Waals surface area contributed by atoms with Crippen LogP contribution in [0.15, 0.2) is 23.1 Å². The van der Waals surface area contributed by atoms with Gasteiger partial charge in [0.15, 0.2) is 0 Å². The lowest BCUT2D eigenvalue weighted by molar-refractivity contribution is 0.0557. The second kappa shape index (κ2) is 4.47. The molecule has 5 heterocycles. The van der Waals surface area contributed by atoms with Crippen LogP contribution in [-0.4, -0.2) is 36.1 Å². The molecule has 0 spiro atoms. The van der Waals surface area contributed by atoms with E-state index in [4.69, 9.17) is 0 Å². The molecule has 4 aliphatic rings. The predicted molar refractivity (Wildman–Crippen MR) is 88.4 cm³/mol. The van der Waals surface area contributed by atoms with E-state index >= 15 is 0 Å². The van der Waals surface area contributed by atoms with E-state index in [9.17, 15) is 9.18 Å². The Kier molecular flexibility index (Phi) is 2.60. The van der Waals surface area contributed by atoms with E-state index in [1.807, 2.05) is 17.8 Å². The van der Waals surface area contributed by atoms with Crippen LogP contribution in [0.3, 0.4) is 0 Å². The highest BCUT2D eigenvalue weighted by Gasteiger charge is 2.36. The molecule has 1 aromatic carbocycles. The first-order valence-corrected chi connectivity index (χ1v) is 8.23. The van der Waals surface area contributed by atoms with Gasteiger partial charge in [0.2, 0.25) is 0 Å². The number of nitrogens with one attached hydrogen (secondary N) is 1. The highest BCUT2D eigenvalue weighted by atomic mass is 19.1. The van der Waals surface area contributed by atoms with Crippen LogP contribution in [-0.2, 0) is 0 Å². The molecular weight excluding hydrogens is 295 g/mol. The van der Waals surface area contributed by atoms with E-state index in [0.29, 0.717) is 11.3 Å². The molecule has 6 heteroatoms. The number of pyridine rings is 1. The van der Waals surface area contributed by atoms with E-state index in [2.05, 4.69) is 10.3 Å². The van der Waals surface area contributed by atoms with Gasteiger partial charge >= 0.3 is 0 Å². The molecule has 1 N–H and O–H groups in total. The van der Waals surface area contributed by atoms with Gasteiger partial charge in [0, 0.05) is 25.2 Å². The normalized spacial score (nSPS) is 28.4. The lowest BCUT2D eigenvalue weighted by Crippen LogP contribution is -2.49. The Bertz CT molecular complexity index is 869. The highest BCUT2D eigenvalue weighted by molar-refractivity contribution is 6.06. The maximum atomic E-state index is 14.0. The van der Waals surface area contributed by atoms with Crippen molar-refractivity contribution in [2.45, 2.75) is 18.9 Å². The van der Waals surface area contributed by atoms with Crippen molar-refractivity contribution in [1.29, 1.82) is 0 Å². The molecule has 0 unspecified atom stereocenters. The Morgan fingerprint density at radius 1 is 1.26 bits per heavy atom. The third kappa shape index (κ3) is 1.78. The minimum Gasteiger partial charge on any atom is -0.308 e. The van der Waals surface area contributed by atoms with Gasteiger partial charge in [-0.1, -0.05) is 0 Å². The number of nitrogens with zero attached hydrogens (tertiary/aromatic N) is 3. The van der Waals surface area contributed by atoms with Gasteiger partial charge in [-0.2, -0.15) is 0 Å². The molecule has 6 rings (SSSR count). The zero-order chi connectivity index (χ0) is 15.7. The number of benzene rings is 1. The van der Waals surface area contributed by atoms with E-state index < -0.39 is 0 Å².